The molecule has 2 aromatic carbocycles. The molecule has 0 fully saturated rings. The molecule has 0 aliphatic carbocycles. The molecule has 2 amide bonds. The molecule has 0 saturated heterocycles. The number of nitrogens with zero attached hydrogens (tertiary/aromatic N) is 1. The van der Waals surface area contributed by atoms with Gasteiger partial charge in [-0.3, -0.25) is 9.59 Å². The zero-order valence-electron chi connectivity index (χ0n) is 15.6. The summed E-state index contributed by atoms with van der Waals surface area (Å²) in [4.78, 5) is 26.6. The highest BCUT2D eigenvalue weighted by atomic mass is 35.5. The first-order valence-corrected chi connectivity index (χ1v) is 8.99. The molecule has 1 aliphatic heterocycles. The van der Waals surface area contributed by atoms with Crippen molar-refractivity contribution < 1.29 is 9.59 Å². The number of hydrogen-bond donors (Lipinski definition) is 2. The van der Waals surface area contributed by atoms with Crippen LogP contribution in [0.3, 0.4) is 0 Å². The number of para-hydroxylation sites is 1. The number of anilines is 2. The summed E-state index contributed by atoms with van der Waals surface area (Å²) in [5, 5.41) is 2.86. The highest BCUT2D eigenvalue weighted by Crippen LogP contribution is 2.28. The van der Waals surface area contributed by atoms with Gasteiger partial charge in [0.1, 0.15) is 0 Å². The second-order valence-corrected chi connectivity index (χ2v) is 6.93. The van der Waals surface area contributed by atoms with E-state index < -0.39 is 0 Å². The number of nitrogens with one attached hydrogen (secondary N) is 1. The average molecular weight is 388 g/mol. The van der Waals surface area contributed by atoms with Gasteiger partial charge >= 0.3 is 0 Å². The maximum Gasteiger partial charge on any atom is 0.231 e. The van der Waals surface area contributed by atoms with E-state index in [4.69, 9.17) is 5.73 Å². The smallest absolute Gasteiger partial charge is 0.231 e. The standard InChI is InChI=1S/C21H25N3O2.ClH/c1-14(15(2)22)21(26)23-18-9-7-16(8-10-18)13-20(25)24-12-11-17-5-3-4-6-19(17)24;/h3-10,14-15H,11-13,22H2,1-2H3,(H,23,26);1H. The Hall–Kier alpha value is -2.37. The van der Waals surface area contributed by atoms with Crippen LogP contribution in [0.25, 0.3) is 0 Å². The summed E-state index contributed by atoms with van der Waals surface area (Å²) in [5.74, 6) is -0.263. The van der Waals surface area contributed by atoms with Gasteiger partial charge in [0, 0.05) is 24.0 Å². The molecule has 1 aliphatic rings. The Kier molecular flexibility index (Phi) is 6.99. The molecule has 0 aromatic heterocycles. The van der Waals surface area contributed by atoms with Crippen molar-refractivity contribution in [3.63, 3.8) is 0 Å². The third-order valence-corrected chi connectivity index (χ3v) is 4.97. The summed E-state index contributed by atoms with van der Waals surface area (Å²) >= 11 is 0. The number of benzene rings is 2. The van der Waals surface area contributed by atoms with E-state index in [0.717, 1.165) is 24.2 Å². The van der Waals surface area contributed by atoms with Crippen LogP contribution in [-0.2, 0) is 22.4 Å². The number of hydrogen-bond acceptors (Lipinski definition) is 3. The molecular weight excluding hydrogens is 362 g/mol. The lowest BCUT2D eigenvalue weighted by molar-refractivity contribution is -0.120. The highest BCUT2D eigenvalue weighted by Gasteiger charge is 2.24. The van der Waals surface area contributed by atoms with Crippen molar-refractivity contribution in [3.05, 3.63) is 59.7 Å². The number of nitrogens with two attached hydrogens (primary N) is 1. The Bertz CT molecular complexity index is 805. The van der Waals surface area contributed by atoms with Crippen molar-refractivity contribution in [2.24, 2.45) is 11.7 Å². The molecule has 2 atom stereocenters. The Morgan fingerprint density at radius 2 is 1.78 bits per heavy atom. The van der Waals surface area contributed by atoms with Gasteiger partial charge in [-0.15, -0.1) is 12.4 Å². The summed E-state index contributed by atoms with van der Waals surface area (Å²) in [6.45, 7) is 4.36. The fraction of sp³-hybridized carbons (Fsp3) is 0.333. The number of fused-ring (bicyclic) bond motifs is 1. The fourth-order valence-electron chi connectivity index (χ4n) is 3.07. The van der Waals surface area contributed by atoms with E-state index in [1.165, 1.54) is 5.56 Å². The van der Waals surface area contributed by atoms with E-state index in [-0.39, 0.29) is 36.2 Å². The minimum atomic E-state index is -0.258. The quantitative estimate of drug-likeness (QED) is 0.827. The number of carbonyl (C=O) groups is 2. The van der Waals surface area contributed by atoms with E-state index in [0.29, 0.717) is 12.1 Å². The van der Waals surface area contributed by atoms with Crippen LogP contribution < -0.4 is 16.0 Å². The third kappa shape index (κ3) is 4.87. The number of rotatable bonds is 5. The van der Waals surface area contributed by atoms with E-state index in [1.54, 1.807) is 6.92 Å². The van der Waals surface area contributed by atoms with E-state index in [9.17, 15) is 9.59 Å². The van der Waals surface area contributed by atoms with Gasteiger partial charge in [-0.25, -0.2) is 0 Å². The maximum atomic E-state index is 12.6. The first-order valence-electron chi connectivity index (χ1n) is 8.99. The molecule has 3 rings (SSSR count). The SMILES string of the molecule is CC(N)C(C)C(=O)Nc1ccc(CC(=O)N2CCc3ccccc32)cc1.Cl. The lowest BCUT2D eigenvalue weighted by Crippen LogP contribution is -2.34. The predicted molar refractivity (Wildman–Crippen MR) is 111 cm³/mol. The second-order valence-electron chi connectivity index (χ2n) is 6.93. The zero-order valence-corrected chi connectivity index (χ0v) is 16.5. The van der Waals surface area contributed by atoms with Crippen molar-refractivity contribution in [1.82, 2.24) is 0 Å². The van der Waals surface area contributed by atoms with Crippen molar-refractivity contribution in [2.45, 2.75) is 32.7 Å². The van der Waals surface area contributed by atoms with Gasteiger partial charge in [0.2, 0.25) is 11.8 Å². The summed E-state index contributed by atoms with van der Waals surface area (Å²) in [6, 6.07) is 15.3. The summed E-state index contributed by atoms with van der Waals surface area (Å²) in [6.07, 6.45) is 1.25. The first kappa shape index (κ1) is 20.9. The molecule has 1 heterocycles. The normalized spacial score (nSPS) is 14.7. The molecule has 2 unspecified atom stereocenters. The van der Waals surface area contributed by atoms with Gasteiger partial charge in [0.15, 0.2) is 0 Å². The number of halogens is 1. The molecular formula is C21H26ClN3O2. The molecule has 0 radical (unpaired) electrons. The Morgan fingerprint density at radius 3 is 2.44 bits per heavy atom. The molecule has 2 aromatic rings. The largest absolute Gasteiger partial charge is 0.327 e. The van der Waals surface area contributed by atoms with E-state index >= 15 is 0 Å². The van der Waals surface area contributed by atoms with Crippen molar-refractivity contribution in [2.75, 3.05) is 16.8 Å². The van der Waals surface area contributed by atoms with Gasteiger partial charge < -0.3 is 16.0 Å². The van der Waals surface area contributed by atoms with Crippen LogP contribution in [0, 0.1) is 5.92 Å². The molecule has 27 heavy (non-hydrogen) atoms. The summed E-state index contributed by atoms with van der Waals surface area (Å²) in [5.41, 5.74) is 9.65. The number of carbonyl (C=O) groups excluding carboxylic acids is 2. The minimum Gasteiger partial charge on any atom is -0.327 e. The Balaban J connectivity index is 0.00000261. The molecule has 0 saturated carbocycles. The average Bonchev–Trinajstić information content (AvgIpc) is 3.06. The van der Waals surface area contributed by atoms with Crippen LogP contribution >= 0.6 is 12.4 Å². The van der Waals surface area contributed by atoms with Gasteiger partial charge in [-0.05, 0) is 42.7 Å². The van der Waals surface area contributed by atoms with E-state index in [1.807, 2.05) is 54.3 Å². The van der Waals surface area contributed by atoms with Crippen LogP contribution in [0.2, 0.25) is 0 Å². The highest BCUT2D eigenvalue weighted by molar-refractivity contribution is 5.97. The maximum absolute atomic E-state index is 12.6. The molecule has 0 bridgehead atoms. The minimum absolute atomic E-state index is 0. The molecule has 0 spiro atoms. The molecule has 6 heteroatoms. The van der Waals surface area contributed by atoms with Crippen LogP contribution in [0.1, 0.15) is 25.0 Å². The fourth-order valence-corrected chi connectivity index (χ4v) is 3.07. The van der Waals surface area contributed by atoms with Crippen LogP contribution in [0.4, 0.5) is 11.4 Å². The Labute approximate surface area is 166 Å². The monoisotopic (exact) mass is 387 g/mol. The van der Waals surface area contributed by atoms with Crippen molar-refractivity contribution in [1.29, 1.82) is 0 Å². The number of amides is 2. The van der Waals surface area contributed by atoms with Gasteiger partial charge in [0.05, 0.1) is 12.3 Å². The van der Waals surface area contributed by atoms with Crippen molar-refractivity contribution >= 4 is 35.6 Å². The zero-order chi connectivity index (χ0) is 18.7. The summed E-state index contributed by atoms with van der Waals surface area (Å²) in [7, 11) is 0. The van der Waals surface area contributed by atoms with Gasteiger partial charge in [-0.2, -0.15) is 0 Å². The van der Waals surface area contributed by atoms with Crippen LogP contribution in [-0.4, -0.2) is 24.4 Å². The predicted octanol–water partition coefficient (Wildman–Crippen LogP) is 3.16. The van der Waals surface area contributed by atoms with Gasteiger partial charge in [0.25, 0.3) is 0 Å². The third-order valence-electron chi connectivity index (χ3n) is 4.97. The van der Waals surface area contributed by atoms with Crippen molar-refractivity contribution in [3.8, 4) is 0 Å². The second kappa shape index (κ2) is 9.02. The molecule has 5 nitrogen and oxygen atoms in total. The topological polar surface area (TPSA) is 75.4 Å². The van der Waals surface area contributed by atoms with E-state index in [2.05, 4.69) is 11.4 Å². The molecule has 3 N–H and O–H groups in total. The van der Waals surface area contributed by atoms with Gasteiger partial charge in [-0.1, -0.05) is 37.3 Å². The van der Waals surface area contributed by atoms with Crippen LogP contribution in [0.15, 0.2) is 48.5 Å². The first-order chi connectivity index (χ1) is 12.5. The lowest BCUT2D eigenvalue weighted by Gasteiger charge is -2.18. The Morgan fingerprint density at radius 1 is 1.11 bits per heavy atom. The van der Waals surface area contributed by atoms with Crippen LogP contribution in [0.5, 0.6) is 0 Å². The summed E-state index contributed by atoms with van der Waals surface area (Å²) < 4.78 is 0. The molecule has 144 valence electrons. The lowest BCUT2D eigenvalue weighted by atomic mass is 10.0.